The number of hydrogen-bond acceptors (Lipinski definition) is 2. The minimum atomic E-state index is -0.914. The molecule has 0 aliphatic carbocycles. The third-order valence-corrected chi connectivity index (χ3v) is 2.37. The lowest BCUT2D eigenvalue weighted by molar-refractivity contribution is 0.0697. The van der Waals surface area contributed by atoms with Crippen molar-refractivity contribution >= 4 is 5.97 Å². The topological polar surface area (TPSA) is 46.5 Å². The van der Waals surface area contributed by atoms with Crippen molar-refractivity contribution in [3.8, 4) is 5.75 Å². The fraction of sp³-hybridized carbons (Fsp3) is 0.357. The Bertz CT molecular complexity index is 366. The van der Waals surface area contributed by atoms with E-state index in [0.717, 1.165) is 25.0 Å². The number of hydrogen-bond donors (Lipinski definition) is 1. The Morgan fingerprint density at radius 3 is 2.59 bits per heavy atom. The van der Waals surface area contributed by atoms with Crippen LogP contribution in [0.3, 0.4) is 0 Å². The van der Waals surface area contributed by atoms with Crippen LogP contribution in [0.5, 0.6) is 5.75 Å². The Labute approximate surface area is 102 Å². The van der Waals surface area contributed by atoms with Crippen molar-refractivity contribution in [3.63, 3.8) is 0 Å². The van der Waals surface area contributed by atoms with E-state index in [1.165, 1.54) is 0 Å². The fourth-order valence-corrected chi connectivity index (χ4v) is 1.41. The van der Waals surface area contributed by atoms with E-state index >= 15 is 0 Å². The molecular formula is C14H18O3. The van der Waals surface area contributed by atoms with Gasteiger partial charge in [-0.05, 0) is 50.5 Å². The molecule has 3 heteroatoms. The van der Waals surface area contributed by atoms with E-state index in [9.17, 15) is 4.79 Å². The lowest BCUT2D eigenvalue weighted by Gasteiger charge is -2.05. The fourth-order valence-electron chi connectivity index (χ4n) is 1.41. The van der Waals surface area contributed by atoms with Crippen molar-refractivity contribution in [2.24, 2.45) is 0 Å². The maximum Gasteiger partial charge on any atom is 0.335 e. The van der Waals surface area contributed by atoms with Gasteiger partial charge >= 0.3 is 5.97 Å². The zero-order chi connectivity index (χ0) is 12.5. The summed E-state index contributed by atoms with van der Waals surface area (Å²) in [5.74, 6) is -0.191. The molecule has 0 aliphatic rings. The molecule has 1 aromatic rings. The Morgan fingerprint density at radius 2 is 2.00 bits per heavy atom. The predicted octanol–water partition coefficient (Wildman–Crippen LogP) is 3.51. The number of carboxylic acids is 1. The second-order valence-electron chi connectivity index (χ2n) is 3.74. The molecule has 92 valence electrons. The van der Waals surface area contributed by atoms with E-state index in [-0.39, 0.29) is 5.56 Å². The molecule has 0 aliphatic heterocycles. The molecule has 1 N–H and O–H groups in total. The molecule has 0 spiro atoms. The monoisotopic (exact) mass is 234 g/mol. The highest BCUT2D eigenvalue weighted by Gasteiger charge is 2.01. The average Bonchev–Trinajstić information content (AvgIpc) is 2.34. The Hall–Kier alpha value is -1.77. The van der Waals surface area contributed by atoms with Crippen molar-refractivity contribution in [2.45, 2.75) is 26.2 Å². The van der Waals surface area contributed by atoms with Crippen molar-refractivity contribution in [3.05, 3.63) is 42.0 Å². The Kier molecular flexibility index (Phi) is 5.86. The number of ether oxygens (including phenoxy) is 1. The largest absolute Gasteiger partial charge is 0.494 e. The number of rotatable bonds is 7. The minimum Gasteiger partial charge on any atom is -0.494 e. The molecular weight excluding hydrogens is 216 g/mol. The van der Waals surface area contributed by atoms with E-state index in [0.29, 0.717) is 6.61 Å². The van der Waals surface area contributed by atoms with Gasteiger partial charge in [-0.25, -0.2) is 4.79 Å². The van der Waals surface area contributed by atoms with Crippen molar-refractivity contribution in [1.82, 2.24) is 0 Å². The second kappa shape index (κ2) is 7.49. The van der Waals surface area contributed by atoms with Gasteiger partial charge in [0, 0.05) is 0 Å². The van der Waals surface area contributed by atoms with Crippen LogP contribution in [0.2, 0.25) is 0 Å². The molecule has 1 aromatic carbocycles. The number of aromatic carboxylic acids is 1. The Balaban J connectivity index is 2.25. The quantitative estimate of drug-likeness (QED) is 0.580. The van der Waals surface area contributed by atoms with Gasteiger partial charge in [-0.2, -0.15) is 0 Å². The first-order chi connectivity index (χ1) is 8.24. The number of unbranched alkanes of at least 4 members (excludes halogenated alkanes) is 2. The van der Waals surface area contributed by atoms with E-state index in [1.54, 1.807) is 24.3 Å². The third-order valence-electron chi connectivity index (χ3n) is 2.37. The highest BCUT2D eigenvalue weighted by Crippen LogP contribution is 2.12. The van der Waals surface area contributed by atoms with Gasteiger partial charge in [-0.1, -0.05) is 12.2 Å². The molecule has 0 atom stereocenters. The molecule has 0 aromatic heterocycles. The standard InChI is InChI=1S/C14H18O3/c1-2-3-4-5-6-11-17-13-9-7-12(8-10-13)14(15)16/h2-3,7-10H,4-6,11H2,1H3,(H,15,16). The molecule has 0 heterocycles. The summed E-state index contributed by atoms with van der Waals surface area (Å²) in [6.07, 6.45) is 7.38. The highest BCUT2D eigenvalue weighted by molar-refractivity contribution is 5.87. The first kappa shape index (κ1) is 13.3. The smallest absolute Gasteiger partial charge is 0.335 e. The van der Waals surface area contributed by atoms with Crippen LogP contribution < -0.4 is 4.74 Å². The first-order valence-corrected chi connectivity index (χ1v) is 5.81. The highest BCUT2D eigenvalue weighted by atomic mass is 16.5. The van der Waals surface area contributed by atoms with E-state index in [4.69, 9.17) is 9.84 Å². The van der Waals surface area contributed by atoms with Crippen molar-refractivity contribution in [2.75, 3.05) is 6.61 Å². The van der Waals surface area contributed by atoms with E-state index in [1.807, 2.05) is 13.0 Å². The number of carboxylic acid groups (broad SMARTS) is 1. The summed E-state index contributed by atoms with van der Waals surface area (Å²) in [4.78, 5) is 10.6. The molecule has 3 nitrogen and oxygen atoms in total. The molecule has 0 unspecified atom stereocenters. The second-order valence-corrected chi connectivity index (χ2v) is 3.74. The van der Waals surface area contributed by atoms with Crippen molar-refractivity contribution in [1.29, 1.82) is 0 Å². The summed E-state index contributed by atoms with van der Waals surface area (Å²) in [5, 5.41) is 8.73. The van der Waals surface area contributed by atoms with Crippen LogP contribution in [0, 0.1) is 0 Å². The molecule has 0 saturated carbocycles. The maximum atomic E-state index is 10.6. The molecule has 0 saturated heterocycles. The normalized spacial score (nSPS) is 10.6. The summed E-state index contributed by atoms with van der Waals surface area (Å²) < 4.78 is 5.50. The summed E-state index contributed by atoms with van der Waals surface area (Å²) in [6, 6.07) is 6.49. The zero-order valence-corrected chi connectivity index (χ0v) is 10.1. The third kappa shape index (κ3) is 5.20. The summed E-state index contributed by atoms with van der Waals surface area (Å²) in [5.41, 5.74) is 0.283. The van der Waals surface area contributed by atoms with E-state index in [2.05, 4.69) is 6.08 Å². The van der Waals surface area contributed by atoms with Crippen LogP contribution in [-0.4, -0.2) is 17.7 Å². The van der Waals surface area contributed by atoms with Crippen LogP contribution in [0.4, 0.5) is 0 Å². The van der Waals surface area contributed by atoms with Crippen LogP contribution in [0.25, 0.3) is 0 Å². The van der Waals surface area contributed by atoms with Gasteiger partial charge in [0.05, 0.1) is 12.2 Å². The zero-order valence-electron chi connectivity index (χ0n) is 10.1. The number of benzene rings is 1. The molecule has 0 fully saturated rings. The molecule has 0 radical (unpaired) electrons. The van der Waals surface area contributed by atoms with Crippen LogP contribution >= 0.6 is 0 Å². The van der Waals surface area contributed by atoms with Gasteiger partial charge in [0.2, 0.25) is 0 Å². The molecule has 17 heavy (non-hydrogen) atoms. The van der Waals surface area contributed by atoms with Crippen LogP contribution in [-0.2, 0) is 0 Å². The number of carbonyl (C=O) groups is 1. The Morgan fingerprint density at radius 1 is 1.29 bits per heavy atom. The van der Waals surface area contributed by atoms with Gasteiger partial charge in [-0.15, -0.1) is 0 Å². The first-order valence-electron chi connectivity index (χ1n) is 5.81. The lowest BCUT2D eigenvalue weighted by Crippen LogP contribution is -1.99. The number of allylic oxidation sites excluding steroid dienone is 2. The molecule has 0 bridgehead atoms. The predicted molar refractivity (Wildman–Crippen MR) is 67.6 cm³/mol. The summed E-state index contributed by atoms with van der Waals surface area (Å²) >= 11 is 0. The summed E-state index contributed by atoms with van der Waals surface area (Å²) in [7, 11) is 0. The molecule has 0 amide bonds. The summed E-state index contributed by atoms with van der Waals surface area (Å²) in [6.45, 7) is 2.68. The van der Waals surface area contributed by atoms with Gasteiger partial charge in [0.15, 0.2) is 0 Å². The maximum absolute atomic E-state index is 10.6. The van der Waals surface area contributed by atoms with Gasteiger partial charge in [-0.3, -0.25) is 0 Å². The lowest BCUT2D eigenvalue weighted by atomic mass is 10.2. The van der Waals surface area contributed by atoms with Crippen molar-refractivity contribution < 1.29 is 14.6 Å². The van der Waals surface area contributed by atoms with Gasteiger partial charge in [0.25, 0.3) is 0 Å². The minimum absolute atomic E-state index is 0.283. The van der Waals surface area contributed by atoms with Crippen LogP contribution in [0.15, 0.2) is 36.4 Å². The SMILES string of the molecule is CC=CCCCCOc1ccc(C(=O)O)cc1. The van der Waals surface area contributed by atoms with Crippen LogP contribution in [0.1, 0.15) is 36.5 Å². The van der Waals surface area contributed by atoms with E-state index < -0.39 is 5.97 Å². The van der Waals surface area contributed by atoms with Gasteiger partial charge < -0.3 is 9.84 Å². The van der Waals surface area contributed by atoms with Gasteiger partial charge in [0.1, 0.15) is 5.75 Å². The average molecular weight is 234 g/mol. The molecule has 1 rings (SSSR count).